The number of hydrogen-bond acceptors (Lipinski definition) is 5. The second-order valence-corrected chi connectivity index (χ2v) is 4.90. The summed E-state index contributed by atoms with van der Waals surface area (Å²) in [6.45, 7) is 4.09. The van der Waals surface area contributed by atoms with Crippen LogP contribution in [0.5, 0.6) is 0 Å². The Labute approximate surface area is 175 Å². The van der Waals surface area contributed by atoms with E-state index in [-0.39, 0.29) is 70.6 Å². The molecule has 0 aromatic rings. The number of aliphatic carboxylic acids is 1. The van der Waals surface area contributed by atoms with Gasteiger partial charge in [-0.3, -0.25) is 14.7 Å². The predicted octanol–water partition coefficient (Wildman–Crippen LogP) is -2.00. The molecule has 0 saturated heterocycles. The zero-order valence-electron chi connectivity index (χ0n) is 14.0. The van der Waals surface area contributed by atoms with Gasteiger partial charge in [-0.05, 0) is 38.5 Å². The van der Waals surface area contributed by atoms with E-state index in [4.69, 9.17) is 10.2 Å². The number of carboxylic acids is 1. The molecule has 0 aromatic carbocycles. The van der Waals surface area contributed by atoms with Crippen LogP contribution in [0.2, 0.25) is 0 Å². The molecule has 2 N–H and O–H groups in total. The number of rotatable bonds is 12. The Balaban J connectivity index is 0. The maximum Gasteiger partial charge on any atom is 1.00 e. The van der Waals surface area contributed by atoms with Crippen molar-refractivity contribution in [3.05, 3.63) is 12.2 Å². The van der Waals surface area contributed by atoms with Crippen LogP contribution in [0.25, 0.3) is 0 Å². The average molecular weight is 338 g/mol. The van der Waals surface area contributed by atoms with Gasteiger partial charge < -0.3 is 15.3 Å². The number of carbonyl (C=O) groups is 1. The fourth-order valence-corrected chi connectivity index (χ4v) is 1.67. The molecule has 0 amide bonds. The second-order valence-electron chi connectivity index (χ2n) is 4.90. The summed E-state index contributed by atoms with van der Waals surface area (Å²) >= 11 is 0. The molecular weight excluding hydrogens is 311 g/mol. The molecule has 0 spiro atoms. The molecule has 1 atom stereocenters. The molecule has 0 aliphatic carbocycles. The molecule has 0 aliphatic rings. The predicted molar refractivity (Wildman–Crippen MR) is 81.1 cm³/mol. The number of carboxylic acid groups (broad SMARTS) is 1. The zero-order valence-corrected chi connectivity index (χ0v) is 17.1. The number of aliphatic hydroxyl groups excluding tert-OH is 1. The largest absolute Gasteiger partial charge is 1.00 e. The van der Waals surface area contributed by atoms with Gasteiger partial charge in [-0.25, -0.2) is 0 Å². The SMILES string of the molecule is CCC/C=C/CCC([O-])=NCN(CCCO)C(C)C(=O)O.[K+]. The Morgan fingerprint density at radius 2 is 2.00 bits per heavy atom. The van der Waals surface area contributed by atoms with Gasteiger partial charge in [0.25, 0.3) is 0 Å². The Hall–Kier alpha value is 0.236. The Bertz CT molecular complexity index is 348. The van der Waals surface area contributed by atoms with Crippen molar-refractivity contribution in [2.45, 2.75) is 52.0 Å². The first-order chi connectivity index (χ1) is 10.0. The Morgan fingerprint density at radius 3 is 2.55 bits per heavy atom. The summed E-state index contributed by atoms with van der Waals surface area (Å²) in [5, 5.41) is 29.4. The molecule has 0 aromatic heterocycles. The summed E-state index contributed by atoms with van der Waals surface area (Å²) in [7, 11) is 0. The summed E-state index contributed by atoms with van der Waals surface area (Å²) in [6.07, 6.45) is 7.58. The van der Waals surface area contributed by atoms with Crippen molar-refractivity contribution >= 4 is 11.9 Å². The number of aliphatic imine (C=N–C) groups is 1. The van der Waals surface area contributed by atoms with Gasteiger partial charge in [0, 0.05) is 13.2 Å². The third-order valence-corrected chi connectivity index (χ3v) is 3.08. The normalized spacial score (nSPS) is 13.4. The van der Waals surface area contributed by atoms with E-state index in [2.05, 4.69) is 11.9 Å². The topological polar surface area (TPSA) is 96.2 Å². The summed E-state index contributed by atoms with van der Waals surface area (Å²) in [4.78, 5) is 16.5. The van der Waals surface area contributed by atoms with Crippen LogP contribution in [0.1, 0.15) is 46.0 Å². The zero-order chi connectivity index (χ0) is 16.1. The van der Waals surface area contributed by atoms with Crippen molar-refractivity contribution in [1.29, 1.82) is 0 Å². The smallest absolute Gasteiger partial charge is 0.862 e. The van der Waals surface area contributed by atoms with Crippen LogP contribution in [-0.4, -0.2) is 52.8 Å². The van der Waals surface area contributed by atoms with Crippen LogP contribution in [0.15, 0.2) is 17.1 Å². The molecule has 122 valence electrons. The van der Waals surface area contributed by atoms with E-state index in [1.165, 1.54) is 0 Å². The summed E-state index contributed by atoms with van der Waals surface area (Å²) in [6, 6.07) is -0.724. The van der Waals surface area contributed by atoms with E-state index in [0.29, 0.717) is 25.8 Å². The van der Waals surface area contributed by atoms with E-state index < -0.39 is 12.0 Å². The van der Waals surface area contributed by atoms with Crippen LogP contribution in [0.4, 0.5) is 0 Å². The van der Waals surface area contributed by atoms with Gasteiger partial charge >= 0.3 is 57.4 Å². The van der Waals surface area contributed by atoms with E-state index in [0.717, 1.165) is 12.8 Å². The molecule has 0 saturated carbocycles. The van der Waals surface area contributed by atoms with Gasteiger partial charge in [0.05, 0.1) is 6.67 Å². The fourth-order valence-electron chi connectivity index (χ4n) is 1.67. The first kappa shape index (κ1) is 24.5. The number of hydrogen-bond donors (Lipinski definition) is 2. The molecular formula is C15H27KN2O4. The molecule has 0 bridgehead atoms. The molecule has 0 fully saturated rings. The molecule has 0 radical (unpaired) electrons. The maximum absolute atomic E-state index is 11.6. The first-order valence-electron chi connectivity index (χ1n) is 7.46. The first-order valence-corrected chi connectivity index (χ1v) is 7.46. The van der Waals surface area contributed by atoms with Crippen molar-refractivity contribution in [2.75, 3.05) is 19.8 Å². The summed E-state index contributed by atoms with van der Waals surface area (Å²) in [5.41, 5.74) is 0. The Kier molecular flexibility index (Phi) is 17.9. The van der Waals surface area contributed by atoms with E-state index in [1.54, 1.807) is 11.8 Å². The van der Waals surface area contributed by atoms with E-state index in [1.807, 2.05) is 12.2 Å². The van der Waals surface area contributed by atoms with Gasteiger partial charge in [0.15, 0.2) is 0 Å². The molecule has 22 heavy (non-hydrogen) atoms. The van der Waals surface area contributed by atoms with Gasteiger partial charge in [-0.1, -0.05) is 25.5 Å². The van der Waals surface area contributed by atoms with Crippen molar-refractivity contribution in [1.82, 2.24) is 4.90 Å². The van der Waals surface area contributed by atoms with Crippen molar-refractivity contribution in [2.24, 2.45) is 4.99 Å². The van der Waals surface area contributed by atoms with Crippen LogP contribution in [0, 0.1) is 0 Å². The number of allylic oxidation sites excluding steroid dienone is 2. The molecule has 1 unspecified atom stereocenters. The van der Waals surface area contributed by atoms with Crippen molar-refractivity contribution in [3.8, 4) is 0 Å². The van der Waals surface area contributed by atoms with Crippen LogP contribution >= 0.6 is 0 Å². The number of aliphatic hydroxyl groups is 1. The maximum atomic E-state index is 11.6. The van der Waals surface area contributed by atoms with Gasteiger partial charge in [-0.15, -0.1) is 0 Å². The van der Waals surface area contributed by atoms with E-state index in [9.17, 15) is 9.90 Å². The van der Waals surface area contributed by atoms with Crippen LogP contribution < -0.4 is 56.5 Å². The fraction of sp³-hybridized carbons (Fsp3) is 0.733. The minimum absolute atomic E-state index is 0. The molecule has 6 nitrogen and oxygen atoms in total. The minimum atomic E-state index is -0.960. The quantitative estimate of drug-likeness (QED) is 0.186. The van der Waals surface area contributed by atoms with Gasteiger partial charge in [-0.2, -0.15) is 0 Å². The summed E-state index contributed by atoms with van der Waals surface area (Å²) < 4.78 is 0. The third kappa shape index (κ3) is 12.7. The van der Waals surface area contributed by atoms with Crippen molar-refractivity contribution in [3.63, 3.8) is 0 Å². The van der Waals surface area contributed by atoms with Gasteiger partial charge in [0.2, 0.25) is 0 Å². The number of unbranched alkanes of at least 4 members (excludes halogenated alkanes) is 1. The molecule has 7 heteroatoms. The molecule has 0 rings (SSSR count). The van der Waals surface area contributed by atoms with Crippen LogP contribution in [-0.2, 0) is 4.79 Å². The van der Waals surface area contributed by atoms with Crippen molar-refractivity contribution < 1.29 is 71.5 Å². The molecule has 0 heterocycles. The summed E-state index contributed by atoms with van der Waals surface area (Å²) in [5.74, 6) is -1.18. The van der Waals surface area contributed by atoms with E-state index >= 15 is 0 Å². The second kappa shape index (κ2) is 16.1. The van der Waals surface area contributed by atoms with Gasteiger partial charge in [0.1, 0.15) is 6.04 Å². The molecule has 0 aliphatic heterocycles. The monoisotopic (exact) mass is 338 g/mol. The van der Waals surface area contributed by atoms with Crippen LogP contribution in [0.3, 0.4) is 0 Å². The minimum Gasteiger partial charge on any atom is -0.862 e. The third-order valence-electron chi connectivity index (χ3n) is 3.08. The Morgan fingerprint density at radius 1 is 1.36 bits per heavy atom. The number of nitrogens with zero attached hydrogens (tertiary/aromatic N) is 2. The average Bonchev–Trinajstić information content (AvgIpc) is 2.46. The standard InChI is InChI=1S/C15H28N2O4.K/c1-3-4-5-6-7-9-14(19)16-12-17(10-8-11-18)13(2)15(20)21;/h5-6,13,18H,3-4,7-12H2,1-2H3,(H,16,19)(H,20,21);/q;+1/p-1/b6-5+;.